The summed E-state index contributed by atoms with van der Waals surface area (Å²) in [4.78, 5) is 79.2. The zero-order valence-electron chi connectivity index (χ0n) is 73.0. The van der Waals surface area contributed by atoms with Gasteiger partial charge in [0.25, 0.3) is 47.8 Å². The van der Waals surface area contributed by atoms with E-state index < -0.39 is 100 Å². The average molecular weight is 1960 g/mol. The fourth-order valence-electron chi connectivity index (χ4n) is 14.7. The van der Waals surface area contributed by atoms with E-state index in [-0.39, 0.29) is 51.4 Å². The first kappa shape index (κ1) is 99.0. The van der Waals surface area contributed by atoms with E-state index in [1.54, 1.807) is 183 Å². The molecule has 0 saturated heterocycles. The first-order valence-electron chi connectivity index (χ1n) is 42.2. The molecule has 24 nitrogen and oxygen atoms in total. The molecular formula is C96H87F9N12O12S6. The van der Waals surface area contributed by atoms with Gasteiger partial charge in [0.2, 0.25) is 0 Å². The van der Waals surface area contributed by atoms with Crippen molar-refractivity contribution >= 4 is 81.8 Å². The summed E-state index contributed by atoms with van der Waals surface area (Å²) < 4.78 is 216. The van der Waals surface area contributed by atoms with E-state index in [0.717, 1.165) is 85.5 Å². The van der Waals surface area contributed by atoms with Gasteiger partial charge in [-0.05, 0) is 179 Å². The van der Waals surface area contributed by atoms with E-state index in [1.165, 1.54) is 86.5 Å². The number of rotatable bonds is 30. The van der Waals surface area contributed by atoms with E-state index in [0.29, 0.717) is 137 Å². The van der Waals surface area contributed by atoms with Crippen LogP contribution in [0.2, 0.25) is 0 Å². The minimum absolute atomic E-state index is 0.0442. The van der Waals surface area contributed by atoms with Gasteiger partial charge < -0.3 is 0 Å². The number of hydrogen-bond acceptors (Lipinski definition) is 18. The van der Waals surface area contributed by atoms with Gasteiger partial charge in [-0.2, -0.15) is 53.6 Å². The number of alkyl halides is 9. The molecule has 39 heteroatoms. The number of benzene rings is 9. The first-order valence-corrected chi connectivity index (χ1v) is 49.2. The van der Waals surface area contributed by atoms with Crippen LogP contribution in [0, 0.1) is 20.8 Å². The van der Waals surface area contributed by atoms with Crippen LogP contribution in [0.5, 0.6) is 0 Å². The predicted molar refractivity (Wildman–Crippen MR) is 498 cm³/mol. The van der Waals surface area contributed by atoms with Crippen LogP contribution in [-0.2, 0) is 87.5 Å². The van der Waals surface area contributed by atoms with Crippen LogP contribution in [-0.4, -0.2) is 86.0 Å². The van der Waals surface area contributed by atoms with Crippen molar-refractivity contribution in [3.8, 4) is 50.4 Å². The number of nitrogens with zero attached hydrogens (tertiary/aromatic N) is 9. The average Bonchev–Trinajstić information content (AvgIpc) is 1.74. The molecule has 0 saturated carbocycles. The molecule has 15 rings (SSSR count). The summed E-state index contributed by atoms with van der Waals surface area (Å²) in [6.07, 6.45) is -8.39. The number of nitrogens with one attached hydrogen (secondary N) is 3. The highest BCUT2D eigenvalue weighted by Gasteiger charge is 2.39. The van der Waals surface area contributed by atoms with Gasteiger partial charge in [0, 0.05) is 36.0 Å². The molecule has 9 aromatic carbocycles. The molecule has 3 amide bonds. The normalized spacial score (nSPS) is 11.9. The first-order chi connectivity index (χ1) is 64.2. The molecule has 6 heterocycles. The molecule has 0 bridgehead atoms. The van der Waals surface area contributed by atoms with Crippen molar-refractivity contribution in [1.29, 1.82) is 0 Å². The van der Waals surface area contributed by atoms with Crippen LogP contribution in [0.15, 0.2) is 282 Å². The maximum atomic E-state index is 13.7. The number of amides is 3. The lowest BCUT2D eigenvalue weighted by atomic mass is 10.0. The van der Waals surface area contributed by atoms with Crippen LogP contribution in [0.25, 0.3) is 50.4 Å². The number of halogens is 9. The Kier molecular flexibility index (Phi) is 30.8. The number of carbonyl (C=O) groups excluding carboxylic acids is 3. The Hall–Kier alpha value is -13.5. The van der Waals surface area contributed by atoms with Crippen molar-refractivity contribution in [2.24, 2.45) is 0 Å². The second-order valence-corrected chi connectivity index (χ2v) is 38.8. The molecule has 0 radical (unpaired) electrons. The molecule has 0 aliphatic carbocycles. The van der Waals surface area contributed by atoms with E-state index in [9.17, 15) is 93.5 Å². The van der Waals surface area contributed by atoms with Gasteiger partial charge in [0.15, 0.2) is 0 Å². The van der Waals surface area contributed by atoms with Crippen molar-refractivity contribution in [3.05, 3.63) is 366 Å². The van der Waals surface area contributed by atoms with Crippen LogP contribution in [0.1, 0.15) is 156 Å². The summed E-state index contributed by atoms with van der Waals surface area (Å²) in [6, 6.07) is 58.9. The van der Waals surface area contributed by atoms with E-state index >= 15 is 0 Å². The number of hydrogen-bond donors (Lipinski definition) is 3. The third-order valence-corrected chi connectivity index (χ3v) is 28.8. The largest absolute Gasteiger partial charge is 0.418 e. The van der Waals surface area contributed by atoms with E-state index in [2.05, 4.69) is 29.5 Å². The van der Waals surface area contributed by atoms with E-state index in [1.807, 2.05) is 20.8 Å². The highest BCUT2D eigenvalue weighted by molar-refractivity contribution is 7.91. The summed E-state index contributed by atoms with van der Waals surface area (Å²) in [6.45, 7) is 11.2. The lowest BCUT2D eigenvalue weighted by Gasteiger charge is -2.12. The lowest BCUT2D eigenvalue weighted by Crippen LogP contribution is -2.30. The summed E-state index contributed by atoms with van der Waals surface area (Å²) >= 11 is 3.44. The number of para-hydroxylation sites is 3. The van der Waals surface area contributed by atoms with Gasteiger partial charge in [-0.3, -0.25) is 28.1 Å². The van der Waals surface area contributed by atoms with Crippen molar-refractivity contribution in [2.75, 3.05) is 0 Å². The highest BCUT2D eigenvalue weighted by Crippen LogP contribution is 2.39. The fourth-order valence-corrected chi connectivity index (χ4v) is 21.0. The fraction of sp³-hybridized carbons (Fsp3) is 0.219. The summed E-state index contributed by atoms with van der Waals surface area (Å²) in [5, 5.41) is 18.0. The maximum Gasteiger partial charge on any atom is 0.418 e. The molecule has 135 heavy (non-hydrogen) atoms. The Labute approximate surface area is 781 Å². The van der Waals surface area contributed by atoms with Crippen molar-refractivity contribution in [3.63, 3.8) is 0 Å². The minimum Gasteiger partial charge on any atom is -0.274 e. The number of aromatic nitrogens is 9. The third-order valence-electron chi connectivity index (χ3n) is 21.6. The zero-order valence-corrected chi connectivity index (χ0v) is 77.9. The standard InChI is InChI=1S/3C32H29F3N4O4S2/c3*1-3-4-13-28-36-39(26-11-7-6-10-25(26)32(33,34)35)31(41)38(28)20-22-14-16-23(17-15-22)24-9-5-8-12-27(24)45(42,43)37-30(40)29-21(2)18-19-44-29/h3*5-12,14-19H,3-4,13,20H2,1-2H3,(H,37,40). The SMILES string of the molecule is CCCCc1nn(-c2ccccc2C(F)(F)F)c(=O)n1Cc1ccc(-c2ccccc2S(=O)(=O)NC(=O)c2sccc2C)cc1.CCCCc1nn(-c2ccccc2C(F)(F)F)c(=O)n1Cc1ccc(-c2ccccc2S(=O)(=O)NC(=O)c2sccc2C)cc1.CCCCc1nn(-c2ccccc2C(F)(F)F)c(=O)n1Cc1ccc(-c2ccccc2S(=O)(=O)NC(=O)c2sccc2C)cc1. The third kappa shape index (κ3) is 23.0. The maximum absolute atomic E-state index is 13.7. The van der Waals surface area contributed by atoms with Crippen LogP contribution in [0.4, 0.5) is 39.5 Å². The molecule has 0 spiro atoms. The topological polar surface area (TPSA) is 309 Å². The van der Waals surface area contributed by atoms with Crippen molar-refractivity contribution < 1.29 is 79.2 Å². The molecular weight excluding hydrogens is 1880 g/mol. The molecule has 0 aliphatic heterocycles. The van der Waals surface area contributed by atoms with Gasteiger partial charge in [-0.25, -0.2) is 53.8 Å². The van der Waals surface area contributed by atoms with Crippen molar-refractivity contribution in [2.45, 2.75) is 152 Å². The summed E-state index contributed by atoms with van der Waals surface area (Å²) in [5.41, 5.74) is 0.707. The number of unbranched alkanes of at least 4 members (excludes halogenated alkanes) is 3. The molecule has 15 aromatic rings. The molecule has 0 atom stereocenters. The molecule has 0 fully saturated rings. The summed E-state index contributed by atoms with van der Waals surface area (Å²) in [7, 11) is -12.7. The highest BCUT2D eigenvalue weighted by atomic mass is 32.2. The number of thiophene rings is 3. The Bertz CT molecular complexity index is 6720. The van der Waals surface area contributed by atoms with Gasteiger partial charge in [0.1, 0.15) is 17.5 Å². The minimum atomic E-state index is -4.67. The lowest BCUT2D eigenvalue weighted by molar-refractivity contribution is -0.138. The zero-order chi connectivity index (χ0) is 97.1. The molecule has 0 unspecified atom stereocenters. The molecule has 3 N–H and O–H groups in total. The summed E-state index contributed by atoms with van der Waals surface area (Å²) in [5.74, 6) is -1.07. The Morgan fingerprint density at radius 2 is 0.556 bits per heavy atom. The number of aryl methyl sites for hydroxylation is 6. The monoisotopic (exact) mass is 1960 g/mol. The van der Waals surface area contributed by atoms with Crippen LogP contribution >= 0.6 is 34.0 Å². The molecule has 702 valence electrons. The van der Waals surface area contributed by atoms with Crippen LogP contribution in [0.3, 0.4) is 0 Å². The quantitative estimate of drug-likeness (QED) is 0.0352. The van der Waals surface area contributed by atoms with Crippen molar-refractivity contribution in [1.82, 2.24) is 57.2 Å². The smallest absolute Gasteiger partial charge is 0.274 e. The van der Waals surface area contributed by atoms with Gasteiger partial charge in [-0.15, -0.1) is 49.3 Å². The Morgan fingerprint density at radius 1 is 0.326 bits per heavy atom. The Balaban J connectivity index is 0.000000171. The van der Waals surface area contributed by atoms with Gasteiger partial charge >= 0.3 is 35.6 Å². The Morgan fingerprint density at radius 3 is 0.778 bits per heavy atom. The molecule has 6 aromatic heterocycles. The number of sulfonamides is 3. The predicted octanol–water partition coefficient (Wildman–Crippen LogP) is 19.8. The second kappa shape index (κ2) is 42.0. The number of carbonyl (C=O) groups is 3. The van der Waals surface area contributed by atoms with Gasteiger partial charge in [0.05, 0.1) is 82.7 Å². The van der Waals surface area contributed by atoms with E-state index in [4.69, 9.17) is 0 Å². The van der Waals surface area contributed by atoms with Crippen LogP contribution < -0.4 is 31.2 Å². The molecule has 0 aliphatic rings. The second-order valence-electron chi connectivity index (χ2n) is 31.1. The van der Waals surface area contributed by atoms with Gasteiger partial charge in [-0.1, -0.05) is 204 Å².